The molecule has 14 aromatic carbocycles. The number of hydrogen-bond acceptors (Lipinski definition) is 5. The quantitative estimate of drug-likeness (QED) is 0.127. The summed E-state index contributed by atoms with van der Waals surface area (Å²) < 4.78 is 14.4. The molecule has 0 aliphatic carbocycles. The van der Waals surface area contributed by atoms with E-state index < -0.39 is 0 Å². The molecule has 0 amide bonds. The molecule has 4 aliphatic heterocycles. The number of para-hydroxylation sites is 4. The average Bonchev–Trinajstić information content (AvgIpc) is 0.713. The van der Waals surface area contributed by atoms with Gasteiger partial charge in [-0.3, -0.25) is 0 Å². The molecule has 0 atom stereocenters. The molecule has 0 saturated heterocycles. The van der Waals surface area contributed by atoms with Crippen molar-refractivity contribution in [1.29, 1.82) is 0 Å². The van der Waals surface area contributed by atoms with Crippen LogP contribution in [0.5, 0.6) is 23.0 Å². The molecule has 18 rings (SSSR count). The minimum Gasteiger partial charge on any atom is -0.458 e. The molecule has 4 heterocycles. The number of fused-ring (bicyclic) bond motifs is 8. The lowest BCUT2D eigenvalue weighted by atomic mass is 9.31. The zero-order valence-corrected chi connectivity index (χ0v) is 49.6. The van der Waals surface area contributed by atoms with Crippen molar-refractivity contribution in [3.05, 3.63) is 334 Å². The largest absolute Gasteiger partial charge is 0.458 e. The number of nitrogens with zero attached hydrogens (tertiary/aromatic N) is 3. The lowest BCUT2D eigenvalue weighted by molar-refractivity contribution is 0.465. The van der Waals surface area contributed by atoms with Gasteiger partial charge in [-0.15, -0.1) is 0 Å². The van der Waals surface area contributed by atoms with Crippen LogP contribution in [0.25, 0.3) is 55.6 Å². The van der Waals surface area contributed by atoms with E-state index >= 15 is 0 Å². The van der Waals surface area contributed by atoms with Crippen molar-refractivity contribution in [3.8, 4) is 78.6 Å². The van der Waals surface area contributed by atoms with Gasteiger partial charge in [0, 0.05) is 56.8 Å². The van der Waals surface area contributed by atoms with Gasteiger partial charge in [-0.2, -0.15) is 0 Å². The fourth-order valence-electron chi connectivity index (χ4n) is 14.7. The second-order valence-corrected chi connectivity index (χ2v) is 23.9. The fourth-order valence-corrected chi connectivity index (χ4v) is 14.7. The molecule has 0 bridgehead atoms. The standard InChI is InChI=1S/C84H55B2N3O2/c1-6-24-56(25-7-1)59-42-46-64(47-43-59)87(65-48-44-60(45-49-65)57-26-8-2-9-27-57)66-52-77-83-78(53-66)89(74-39-21-17-35-68(74)62-32-14-5-15-33-62)76-55-80-72(86-70-37-19-23-41-79(70)90-81-50-63(51-82(91-80)84(81)86)58-28-10-3-11-29-58)54-71(76)85(83)69-36-18-22-40-75(69)88(77)73-38-20-16-34-67(73)61-30-12-4-13-31-61/h1-55H. The molecule has 0 aromatic heterocycles. The molecule has 0 fully saturated rings. The smallest absolute Gasteiger partial charge is 0.260 e. The van der Waals surface area contributed by atoms with E-state index in [2.05, 4.69) is 348 Å². The third-order valence-corrected chi connectivity index (χ3v) is 18.8. The lowest BCUT2D eigenvalue weighted by Gasteiger charge is -2.46. The van der Waals surface area contributed by atoms with Gasteiger partial charge < -0.3 is 24.2 Å². The van der Waals surface area contributed by atoms with Crippen molar-refractivity contribution in [1.82, 2.24) is 0 Å². The second kappa shape index (κ2) is 21.5. The lowest BCUT2D eigenvalue weighted by Crippen LogP contribution is -2.64. The van der Waals surface area contributed by atoms with Gasteiger partial charge in [0.2, 0.25) is 0 Å². The van der Waals surface area contributed by atoms with E-state index in [4.69, 9.17) is 9.47 Å². The molecular formula is C84H55B2N3O2. The summed E-state index contributed by atoms with van der Waals surface area (Å²) >= 11 is 0. The van der Waals surface area contributed by atoms with E-state index in [1.54, 1.807) is 0 Å². The van der Waals surface area contributed by atoms with E-state index in [1.165, 1.54) is 27.5 Å². The first-order valence-corrected chi connectivity index (χ1v) is 31.3. The number of ether oxygens (including phenoxy) is 2. The van der Waals surface area contributed by atoms with Gasteiger partial charge >= 0.3 is 0 Å². The van der Waals surface area contributed by atoms with E-state index in [1.807, 2.05) is 0 Å². The topological polar surface area (TPSA) is 28.2 Å². The number of benzene rings is 14. The third kappa shape index (κ3) is 8.72. The van der Waals surface area contributed by atoms with Gasteiger partial charge in [0.15, 0.2) is 0 Å². The van der Waals surface area contributed by atoms with Gasteiger partial charge in [-0.1, -0.05) is 255 Å². The normalized spacial score (nSPS) is 12.7. The van der Waals surface area contributed by atoms with Gasteiger partial charge in [-0.25, -0.2) is 0 Å². The molecule has 7 heteroatoms. The van der Waals surface area contributed by atoms with Crippen molar-refractivity contribution in [2.45, 2.75) is 0 Å². The first-order valence-electron chi connectivity index (χ1n) is 31.3. The maximum absolute atomic E-state index is 7.50. The molecule has 0 spiro atoms. The Bertz CT molecular complexity index is 5040. The Kier molecular flexibility index (Phi) is 12.4. The average molecular weight is 1160 g/mol. The highest BCUT2D eigenvalue weighted by molar-refractivity contribution is 7.02. The molecule has 0 radical (unpaired) electrons. The molecule has 0 saturated carbocycles. The zero-order valence-electron chi connectivity index (χ0n) is 49.6. The summed E-state index contributed by atoms with van der Waals surface area (Å²) in [4.78, 5) is 7.57. The van der Waals surface area contributed by atoms with Crippen LogP contribution >= 0.6 is 0 Å². The Hall–Kier alpha value is -11.8. The maximum Gasteiger partial charge on any atom is 0.260 e. The summed E-state index contributed by atoms with van der Waals surface area (Å²) in [7, 11) is 0. The second-order valence-electron chi connectivity index (χ2n) is 23.9. The highest BCUT2D eigenvalue weighted by atomic mass is 16.5. The summed E-state index contributed by atoms with van der Waals surface area (Å²) in [6.07, 6.45) is 0. The van der Waals surface area contributed by atoms with Gasteiger partial charge in [-0.05, 0) is 145 Å². The molecule has 91 heavy (non-hydrogen) atoms. The Balaban J connectivity index is 0.942. The number of rotatable bonds is 10. The summed E-state index contributed by atoms with van der Waals surface area (Å²) in [5.41, 5.74) is 27.7. The zero-order chi connectivity index (χ0) is 59.9. The van der Waals surface area contributed by atoms with Crippen LogP contribution in [0.1, 0.15) is 0 Å². The van der Waals surface area contributed by atoms with Crippen LogP contribution in [0, 0.1) is 0 Å². The molecule has 424 valence electrons. The predicted molar refractivity (Wildman–Crippen MR) is 380 cm³/mol. The molecular weight excluding hydrogens is 1100 g/mol. The highest BCUT2D eigenvalue weighted by Crippen LogP contribution is 2.52. The first-order chi connectivity index (χ1) is 45.1. The number of hydrogen-bond donors (Lipinski definition) is 0. The Morgan fingerprint density at radius 3 is 1.14 bits per heavy atom. The molecule has 14 aromatic rings. The SMILES string of the molecule is c1ccc(-c2ccc(N(c3ccc(-c4ccccc4)cc3)c3cc4c5c(c3)N(c3ccccc3-c3ccccc3)c3cc6c(cc3B5c3ccccc3N4c3ccccc3-c3ccccc3)B3c4ccccc4Oc4cc(-c5ccccc5)cc(c43)O6)cc2)cc1. The van der Waals surface area contributed by atoms with E-state index in [0.29, 0.717) is 0 Å². The molecule has 0 N–H and O–H groups in total. The fraction of sp³-hybridized carbons (Fsp3) is 0. The van der Waals surface area contributed by atoms with Crippen molar-refractivity contribution in [3.63, 3.8) is 0 Å². The maximum atomic E-state index is 7.50. The molecule has 5 nitrogen and oxygen atoms in total. The molecule has 4 aliphatic rings. The van der Waals surface area contributed by atoms with E-state index in [-0.39, 0.29) is 13.4 Å². The molecule has 0 unspecified atom stereocenters. The van der Waals surface area contributed by atoms with Crippen molar-refractivity contribution in [2.75, 3.05) is 14.7 Å². The van der Waals surface area contributed by atoms with Crippen LogP contribution < -0.4 is 57.0 Å². The van der Waals surface area contributed by atoms with Crippen molar-refractivity contribution in [2.24, 2.45) is 0 Å². The van der Waals surface area contributed by atoms with E-state index in [0.717, 1.165) is 135 Å². The third-order valence-electron chi connectivity index (χ3n) is 18.8. The van der Waals surface area contributed by atoms with Crippen LogP contribution in [-0.2, 0) is 0 Å². The van der Waals surface area contributed by atoms with Crippen LogP contribution in [0.4, 0.5) is 51.2 Å². The van der Waals surface area contributed by atoms with Gasteiger partial charge in [0.05, 0.1) is 17.1 Å². The highest BCUT2D eigenvalue weighted by Gasteiger charge is 2.48. The summed E-state index contributed by atoms with van der Waals surface area (Å²) in [5, 5.41) is 0. The Morgan fingerprint density at radius 2 is 0.615 bits per heavy atom. The van der Waals surface area contributed by atoms with Crippen molar-refractivity contribution >= 4 is 97.4 Å². The van der Waals surface area contributed by atoms with Crippen molar-refractivity contribution < 1.29 is 9.47 Å². The van der Waals surface area contributed by atoms with Gasteiger partial charge in [0.1, 0.15) is 23.0 Å². The summed E-state index contributed by atoms with van der Waals surface area (Å²) in [5.74, 6) is 3.27. The summed E-state index contributed by atoms with van der Waals surface area (Å²) in [6, 6.07) is 121. The Morgan fingerprint density at radius 1 is 0.220 bits per heavy atom. The monoisotopic (exact) mass is 1160 g/mol. The summed E-state index contributed by atoms with van der Waals surface area (Å²) in [6.45, 7) is -0.402. The van der Waals surface area contributed by atoms with Crippen LogP contribution in [-0.4, -0.2) is 13.4 Å². The van der Waals surface area contributed by atoms with Crippen LogP contribution in [0.3, 0.4) is 0 Å². The Labute approximate surface area is 530 Å². The minimum atomic E-state index is -0.226. The van der Waals surface area contributed by atoms with Crippen LogP contribution in [0.15, 0.2) is 334 Å². The van der Waals surface area contributed by atoms with Gasteiger partial charge in [0.25, 0.3) is 13.4 Å². The van der Waals surface area contributed by atoms with Crippen LogP contribution in [0.2, 0.25) is 0 Å². The number of anilines is 9. The predicted octanol–water partition coefficient (Wildman–Crippen LogP) is 18.3. The minimum absolute atomic E-state index is 0.176. The first kappa shape index (κ1) is 52.3. The van der Waals surface area contributed by atoms with E-state index in [9.17, 15) is 0 Å².